The molecule has 1 aromatic heterocycles. The second kappa shape index (κ2) is 7.75. The third kappa shape index (κ3) is 3.81. The molecule has 1 amide bonds. The molecule has 5 heteroatoms. The van der Waals surface area contributed by atoms with Crippen LogP contribution < -0.4 is 5.32 Å². The van der Waals surface area contributed by atoms with Crippen LogP contribution in [0.5, 0.6) is 0 Å². The molecule has 0 saturated heterocycles. The fourth-order valence-electron chi connectivity index (χ4n) is 2.57. The Morgan fingerprint density at radius 3 is 2.75 bits per heavy atom. The summed E-state index contributed by atoms with van der Waals surface area (Å²) in [5.41, 5.74) is 2.45. The van der Waals surface area contributed by atoms with Gasteiger partial charge in [0.25, 0.3) is 5.91 Å². The number of ether oxygens (including phenoxy) is 1. The highest BCUT2D eigenvalue weighted by molar-refractivity contribution is 6.04. The maximum absolute atomic E-state index is 12.2. The first-order valence-electron chi connectivity index (χ1n) is 8.13. The fraction of sp³-hybridized carbons (Fsp3) is 0.263. The topological polar surface area (TPSA) is 67.0 Å². The van der Waals surface area contributed by atoms with Crippen LogP contribution in [0.4, 0.5) is 0 Å². The van der Waals surface area contributed by atoms with Gasteiger partial charge in [0, 0.05) is 18.5 Å². The minimum Gasteiger partial charge on any atom is -0.374 e. The highest BCUT2D eigenvalue weighted by atomic mass is 16.5. The largest absolute Gasteiger partial charge is 0.374 e. The Morgan fingerprint density at radius 2 is 1.92 bits per heavy atom. The van der Waals surface area contributed by atoms with E-state index < -0.39 is 0 Å². The van der Waals surface area contributed by atoms with E-state index in [4.69, 9.17) is 4.74 Å². The van der Waals surface area contributed by atoms with E-state index in [9.17, 15) is 4.79 Å². The van der Waals surface area contributed by atoms with Crippen LogP contribution in [0.25, 0.3) is 10.9 Å². The van der Waals surface area contributed by atoms with E-state index in [1.807, 2.05) is 49.4 Å². The van der Waals surface area contributed by atoms with Gasteiger partial charge in [-0.2, -0.15) is 5.10 Å². The molecule has 0 aliphatic carbocycles. The van der Waals surface area contributed by atoms with Crippen LogP contribution in [0.1, 0.15) is 35.5 Å². The highest BCUT2D eigenvalue weighted by Crippen LogP contribution is 2.16. The summed E-state index contributed by atoms with van der Waals surface area (Å²) in [5, 5.41) is 10.7. The average Bonchev–Trinajstić information content (AvgIpc) is 3.06. The number of nitrogens with one attached hydrogen (secondary N) is 2. The van der Waals surface area contributed by atoms with Crippen LogP contribution in [0.3, 0.4) is 0 Å². The molecule has 1 atom stereocenters. The van der Waals surface area contributed by atoms with Gasteiger partial charge in [-0.05, 0) is 25.0 Å². The molecule has 2 aromatic carbocycles. The molecule has 0 unspecified atom stereocenters. The summed E-state index contributed by atoms with van der Waals surface area (Å²) in [6.07, 6.45) is 0.808. The van der Waals surface area contributed by atoms with Crippen LogP contribution in [-0.4, -0.2) is 29.3 Å². The van der Waals surface area contributed by atoms with E-state index in [0.717, 1.165) is 22.9 Å². The zero-order chi connectivity index (χ0) is 16.8. The van der Waals surface area contributed by atoms with E-state index in [0.29, 0.717) is 18.8 Å². The van der Waals surface area contributed by atoms with E-state index in [2.05, 4.69) is 27.6 Å². The van der Waals surface area contributed by atoms with Crippen LogP contribution in [0, 0.1) is 0 Å². The van der Waals surface area contributed by atoms with E-state index in [-0.39, 0.29) is 12.0 Å². The lowest BCUT2D eigenvalue weighted by molar-refractivity contribution is 0.0634. The summed E-state index contributed by atoms with van der Waals surface area (Å²) < 4.78 is 5.80. The lowest BCUT2D eigenvalue weighted by Gasteiger charge is -2.13. The van der Waals surface area contributed by atoms with Gasteiger partial charge >= 0.3 is 0 Å². The van der Waals surface area contributed by atoms with Gasteiger partial charge in [-0.1, -0.05) is 48.5 Å². The lowest BCUT2D eigenvalue weighted by Crippen LogP contribution is -2.25. The number of carbonyl (C=O) groups is 1. The Hall–Kier alpha value is -2.66. The summed E-state index contributed by atoms with van der Waals surface area (Å²) in [6, 6.07) is 17.7. The Kier molecular flexibility index (Phi) is 5.23. The van der Waals surface area contributed by atoms with Gasteiger partial charge in [-0.25, -0.2) is 0 Å². The molecule has 3 rings (SSSR count). The number of hydrogen-bond acceptors (Lipinski definition) is 3. The Morgan fingerprint density at radius 1 is 1.17 bits per heavy atom. The smallest absolute Gasteiger partial charge is 0.272 e. The molecular formula is C19H21N3O2. The molecule has 0 saturated carbocycles. The van der Waals surface area contributed by atoms with Crippen molar-refractivity contribution in [3.8, 4) is 0 Å². The van der Waals surface area contributed by atoms with Crippen molar-refractivity contribution in [1.29, 1.82) is 0 Å². The monoisotopic (exact) mass is 323 g/mol. The number of benzene rings is 2. The van der Waals surface area contributed by atoms with E-state index in [1.165, 1.54) is 0 Å². The van der Waals surface area contributed by atoms with Crippen LogP contribution >= 0.6 is 0 Å². The number of carbonyl (C=O) groups excluding carboxylic acids is 1. The summed E-state index contributed by atoms with van der Waals surface area (Å²) in [7, 11) is 0. The normalized spacial score (nSPS) is 12.2. The maximum Gasteiger partial charge on any atom is 0.272 e. The lowest BCUT2D eigenvalue weighted by atomic mass is 10.1. The average molecular weight is 323 g/mol. The number of fused-ring (bicyclic) bond motifs is 1. The highest BCUT2D eigenvalue weighted by Gasteiger charge is 2.13. The van der Waals surface area contributed by atoms with Crippen LogP contribution in [0.15, 0.2) is 54.6 Å². The molecule has 24 heavy (non-hydrogen) atoms. The first kappa shape index (κ1) is 16.2. The Bertz CT molecular complexity index is 798. The van der Waals surface area contributed by atoms with Gasteiger partial charge in [0.2, 0.25) is 0 Å². The molecule has 0 bridgehead atoms. The third-order valence-corrected chi connectivity index (χ3v) is 3.93. The molecule has 0 fully saturated rings. The predicted molar refractivity (Wildman–Crippen MR) is 93.9 cm³/mol. The predicted octanol–water partition coefficient (Wildman–Crippen LogP) is 3.46. The minimum absolute atomic E-state index is 0.0529. The molecule has 0 radical (unpaired) electrons. The molecule has 0 spiro atoms. The maximum atomic E-state index is 12.2. The number of rotatable bonds is 7. The number of hydrogen-bond donors (Lipinski definition) is 2. The van der Waals surface area contributed by atoms with Crippen molar-refractivity contribution in [2.75, 3.05) is 13.2 Å². The van der Waals surface area contributed by atoms with Gasteiger partial charge in [-0.15, -0.1) is 0 Å². The summed E-state index contributed by atoms with van der Waals surface area (Å²) in [5.74, 6) is -0.163. The zero-order valence-corrected chi connectivity index (χ0v) is 13.7. The van der Waals surface area contributed by atoms with Crippen LogP contribution in [0.2, 0.25) is 0 Å². The number of amides is 1. The molecule has 3 aromatic rings. The molecular weight excluding hydrogens is 302 g/mol. The van der Waals surface area contributed by atoms with Crippen molar-refractivity contribution >= 4 is 16.8 Å². The Labute approximate surface area is 141 Å². The molecule has 0 aliphatic rings. The zero-order valence-electron chi connectivity index (χ0n) is 13.7. The second-order valence-corrected chi connectivity index (χ2v) is 5.65. The van der Waals surface area contributed by atoms with E-state index in [1.54, 1.807) is 0 Å². The van der Waals surface area contributed by atoms with Gasteiger partial charge in [0.05, 0.1) is 11.6 Å². The van der Waals surface area contributed by atoms with Gasteiger partial charge < -0.3 is 10.1 Å². The van der Waals surface area contributed by atoms with Crippen molar-refractivity contribution in [2.45, 2.75) is 19.4 Å². The minimum atomic E-state index is -0.163. The summed E-state index contributed by atoms with van der Waals surface area (Å²) in [6.45, 7) is 3.18. The number of para-hydroxylation sites is 1. The van der Waals surface area contributed by atoms with E-state index >= 15 is 0 Å². The van der Waals surface area contributed by atoms with Crippen molar-refractivity contribution in [3.05, 3.63) is 65.9 Å². The first-order chi connectivity index (χ1) is 11.8. The Balaban J connectivity index is 1.43. The molecule has 0 aliphatic heterocycles. The van der Waals surface area contributed by atoms with Crippen molar-refractivity contribution in [1.82, 2.24) is 15.5 Å². The SMILES string of the molecule is C[C@@H](OCCCNC(=O)c1n[nH]c2ccccc12)c1ccccc1. The van der Waals surface area contributed by atoms with Crippen molar-refractivity contribution < 1.29 is 9.53 Å². The fourth-order valence-corrected chi connectivity index (χ4v) is 2.57. The molecule has 2 N–H and O–H groups in total. The number of aromatic amines is 1. The number of nitrogens with zero attached hydrogens (tertiary/aromatic N) is 1. The van der Waals surface area contributed by atoms with Gasteiger partial charge in [0.15, 0.2) is 5.69 Å². The number of aromatic nitrogens is 2. The van der Waals surface area contributed by atoms with Gasteiger partial charge in [-0.3, -0.25) is 9.89 Å². The summed E-state index contributed by atoms with van der Waals surface area (Å²) in [4.78, 5) is 12.2. The molecule has 5 nitrogen and oxygen atoms in total. The number of H-pyrrole nitrogens is 1. The van der Waals surface area contributed by atoms with Crippen molar-refractivity contribution in [3.63, 3.8) is 0 Å². The molecule has 124 valence electrons. The third-order valence-electron chi connectivity index (χ3n) is 3.93. The first-order valence-corrected chi connectivity index (χ1v) is 8.13. The molecule has 1 heterocycles. The quantitative estimate of drug-likeness (QED) is 0.654. The van der Waals surface area contributed by atoms with Crippen LogP contribution in [-0.2, 0) is 4.74 Å². The summed E-state index contributed by atoms with van der Waals surface area (Å²) >= 11 is 0. The standard InChI is InChI=1S/C19H21N3O2/c1-14(15-8-3-2-4-9-15)24-13-7-12-20-19(23)18-16-10-5-6-11-17(16)21-22-18/h2-6,8-11,14H,7,12-13H2,1H3,(H,20,23)(H,21,22)/t14-/m1/s1. The van der Waals surface area contributed by atoms with Crippen molar-refractivity contribution in [2.24, 2.45) is 0 Å². The second-order valence-electron chi connectivity index (χ2n) is 5.65. The van der Waals surface area contributed by atoms with Gasteiger partial charge in [0.1, 0.15) is 0 Å².